The molecular formula is C26H29B2N3O2S. The molecule has 0 saturated carbocycles. The summed E-state index contributed by atoms with van der Waals surface area (Å²) in [5.41, 5.74) is 10.8. The molecule has 0 amide bonds. The SMILES string of the molecule is CCC(C)c1ccccc1B(O)O.N#Cc1ccc(B(SCCN)c2ccc(C#N)cc2)cc1. The molecule has 0 saturated heterocycles. The Bertz CT molecular complexity index is 1050. The highest BCUT2D eigenvalue weighted by molar-refractivity contribution is 8.28. The summed E-state index contributed by atoms with van der Waals surface area (Å²) >= 11 is 1.76. The molecule has 0 aliphatic heterocycles. The molecule has 1 atom stereocenters. The maximum absolute atomic E-state index is 9.10. The minimum atomic E-state index is -1.36. The molecule has 34 heavy (non-hydrogen) atoms. The summed E-state index contributed by atoms with van der Waals surface area (Å²) in [5.74, 6) is 1.39. The molecule has 8 heteroatoms. The van der Waals surface area contributed by atoms with E-state index < -0.39 is 7.12 Å². The van der Waals surface area contributed by atoms with Crippen LogP contribution in [0.1, 0.15) is 42.9 Å². The van der Waals surface area contributed by atoms with Crippen LogP contribution in [-0.4, -0.2) is 35.5 Å². The Morgan fingerprint density at radius 3 is 1.79 bits per heavy atom. The number of benzene rings is 3. The first kappa shape index (κ1) is 27.2. The van der Waals surface area contributed by atoms with Gasteiger partial charge in [-0.25, -0.2) is 0 Å². The molecule has 0 bridgehead atoms. The monoisotopic (exact) mass is 469 g/mol. The summed E-state index contributed by atoms with van der Waals surface area (Å²) in [5, 5.41) is 36.0. The van der Waals surface area contributed by atoms with E-state index in [4.69, 9.17) is 26.3 Å². The van der Waals surface area contributed by atoms with Gasteiger partial charge in [0, 0.05) is 6.54 Å². The highest BCUT2D eigenvalue weighted by Gasteiger charge is 2.20. The van der Waals surface area contributed by atoms with Crippen molar-refractivity contribution in [2.45, 2.75) is 26.2 Å². The quantitative estimate of drug-likeness (QED) is 0.436. The predicted octanol–water partition coefficient (Wildman–Crippen LogP) is 2.11. The highest BCUT2D eigenvalue weighted by Crippen LogP contribution is 2.16. The number of nitrogens with two attached hydrogens (primary N) is 1. The molecule has 0 radical (unpaired) electrons. The van der Waals surface area contributed by atoms with E-state index in [1.54, 1.807) is 17.7 Å². The average molecular weight is 469 g/mol. The van der Waals surface area contributed by atoms with Gasteiger partial charge in [-0.2, -0.15) is 22.1 Å². The van der Waals surface area contributed by atoms with Gasteiger partial charge in [0.05, 0.1) is 23.3 Å². The van der Waals surface area contributed by atoms with E-state index in [0.717, 1.165) is 28.7 Å². The number of nitrogens with zero attached hydrogens (tertiary/aromatic N) is 2. The second-order valence-electron chi connectivity index (χ2n) is 7.82. The number of nitriles is 2. The van der Waals surface area contributed by atoms with Crippen LogP contribution < -0.4 is 22.1 Å². The number of hydrogen-bond donors (Lipinski definition) is 3. The normalized spacial score (nSPS) is 10.8. The first-order valence-electron chi connectivity index (χ1n) is 11.2. The van der Waals surface area contributed by atoms with E-state index >= 15 is 0 Å². The maximum atomic E-state index is 9.10. The summed E-state index contributed by atoms with van der Waals surface area (Å²) in [6.07, 6.45) is 1.00. The van der Waals surface area contributed by atoms with E-state index in [2.05, 4.69) is 26.0 Å². The van der Waals surface area contributed by atoms with Gasteiger partial charge >= 0.3 is 7.12 Å². The zero-order chi connectivity index (χ0) is 24.9. The third kappa shape index (κ3) is 7.80. The van der Waals surface area contributed by atoms with Gasteiger partial charge in [-0.05, 0) is 53.4 Å². The van der Waals surface area contributed by atoms with Gasteiger partial charge in [0.1, 0.15) is 0 Å². The molecule has 1 unspecified atom stereocenters. The molecule has 5 nitrogen and oxygen atoms in total. The van der Waals surface area contributed by atoms with Crippen LogP contribution in [0.4, 0.5) is 0 Å². The number of rotatable bonds is 8. The maximum Gasteiger partial charge on any atom is 0.488 e. The Kier molecular flexibility index (Phi) is 11.5. The van der Waals surface area contributed by atoms with Gasteiger partial charge in [0.25, 0.3) is 5.99 Å². The van der Waals surface area contributed by atoms with Crippen molar-refractivity contribution in [3.8, 4) is 12.1 Å². The van der Waals surface area contributed by atoms with Crippen LogP contribution in [0.5, 0.6) is 0 Å². The van der Waals surface area contributed by atoms with Crippen LogP contribution in [-0.2, 0) is 0 Å². The molecule has 3 rings (SSSR count). The Morgan fingerprint density at radius 1 is 0.882 bits per heavy atom. The van der Waals surface area contributed by atoms with Crippen molar-refractivity contribution in [3.63, 3.8) is 0 Å². The third-order valence-corrected chi connectivity index (χ3v) is 6.85. The van der Waals surface area contributed by atoms with Crippen LogP contribution in [0.15, 0.2) is 72.8 Å². The van der Waals surface area contributed by atoms with E-state index in [0.29, 0.717) is 29.1 Å². The topological polar surface area (TPSA) is 114 Å². The minimum absolute atomic E-state index is 0.161. The highest BCUT2D eigenvalue weighted by atomic mass is 32.2. The first-order valence-corrected chi connectivity index (χ1v) is 12.3. The van der Waals surface area contributed by atoms with E-state index in [1.807, 2.05) is 66.7 Å². The molecule has 3 aromatic carbocycles. The molecule has 3 aromatic rings. The molecule has 0 aliphatic rings. The second-order valence-corrected chi connectivity index (χ2v) is 9.03. The van der Waals surface area contributed by atoms with Crippen molar-refractivity contribution >= 4 is 41.1 Å². The lowest BCUT2D eigenvalue weighted by atomic mass is 9.61. The number of hydrogen-bond acceptors (Lipinski definition) is 6. The second kappa shape index (κ2) is 14.3. The van der Waals surface area contributed by atoms with Gasteiger partial charge < -0.3 is 15.8 Å². The largest absolute Gasteiger partial charge is 0.488 e. The van der Waals surface area contributed by atoms with Gasteiger partial charge in [0.2, 0.25) is 0 Å². The van der Waals surface area contributed by atoms with E-state index in [-0.39, 0.29) is 5.99 Å². The zero-order valence-electron chi connectivity index (χ0n) is 19.6. The zero-order valence-corrected chi connectivity index (χ0v) is 20.4. The van der Waals surface area contributed by atoms with Crippen molar-refractivity contribution in [1.29, 1.82) is 10.5 Å². The lowest BCUT2D eigenvalue weighted by Gasteiger charge is -2.14. The van der Waals surface area contributed by atoms with Crippen molar-refractivity contribution in [1.82, 2.24) is 0 Å². The summed E-state index contributed by atoms with van der Waals surface area (Å²) < 4.78 is 0. The summed E-state index contributed by atoms with van der Waals surface area (Å²) in [6, 6.07) is 26.9. The van der Waals surface area contributed by atoms with Crippen LogP contribution in [0.2, 0.25) is 0 Å². The summed E-state index contributed by atoms with van der Waals surface area (Å²) in [6.45, 7) is 4.79. The molecule has 0 aromatic heterocycles. The van der Waals surface area contributed by atoms with Crippen molar-refractivity contribution in [2.75, 3.05) is 12.3 Å². The lowest BCUT2D eigenvalue weighted by molar-refractivity contribution is 0.425. The van der Waals surface area contributed by atoms with Crippen LogP contribution >= 0.6 is 11.6 Å². The molecule has 0 aliphatic carbocycles. The van der Waals surface area contributed by atoms with Gasteiger partial charge in [-0.1, -0.05) is 73.3 Å². The Hall–Kier alpha value is -3.00. The summed E-state index contributed by atoms with van der Waals surface area (Å²) in [4.78, 5) is 0. The van der Waals surface area contributed by atoms with Crippen molar-refractivity contribution < 1.29 is 10.0 Å². The third-order valence-electron chi connectivity index (χ3n) is 5.50. The standard InChI is InChI=1S/C16H14BN3S.C10H15BO2/c18-9-10-21-17(15-5-1-13(11-19)2-6-15)16-7-3-14(12-20)4-8-16;1-3-8(2)9-6-4-5-7-10(9)11(12)13/h1-8H,9-10,18H2;4-8,12-13H,3H2,1-2H3. The molecule has 0 heterocycles. The smallest absolute Gasteiger partial charge is 0.423 e. The van der Waals surface area contributed by atoms with Crippen LogP contribution in [0.25, 0.3) is 0 Å². The Balaban J connectivity index is 0.000000270. The molecule has 0 fully saturated rings. The molecule has 172 valence electrons. The van der Waals surface area contributed by atoms with Crippen molar-refractivity contribution in [2.24, 2.45) is 5.73 Å². The van der Waals surface area contributed by atoms with E-state index in [1.165, 1.54) is 0 Å². The van der Waals surface area contributed by atoms with Gasteiger partial charge in [0.15, 0.2) is 0 Å². The Labute approximate surface area is 207 Å². The first-order chi connectivity index (χ1) is 16.4. The fourth-order valence-corrected chi connectivity index (χ4v) is 4.52. The predicted molar refractivity (Wildman–Crippen MR) is 144 cm³/mol. The van der Waals surface area contributed by atoms with Crippen LogP contribution in [0.3, 0.4) is 0 Å². The molecular weight excluding hydrogens is 440 g/mol. The fourth-order valence-electron chi connectivity index (χ4n) is 3.45. The molecule has 4 N–H and O–H groups in total. The Morgan fingerprint density at radius 2 is 1.38 bits per heavy atom. The average Bonchev–Trinajstić information content (AvgIpc) is 2.89. The lowest BCUT2D eigenvalue weighted by Crippen LogP contribution is -2.40. The van der Waals surface area contributed by atoms with E-state index in [9.17, 15) is 0 Å². The van der Waals surface area contributed by atoms with Crippen molar-refractivity contribution in [3.05, 3.63) is 89.5 Å². The van der Waals surface area contributed by atoms with Gasteiger partial charge in [-0.3, -0.25) is 0 Å². The van der Waals surface area contributed by atoms with Gasteiger partial charge in [-0.15, -0.1) is 0 Å². The molecule has 0 spiro atoms. The minimum Gasteiger partial charge on any atom is -0.423 e. The van der Waals surface area contributed by atoms with Crippen LogP contribution in [0, 0.1) is 22.7 Å². The fraction of sp³-hybridized carbons (Fsp3) is 0.231. The summed E-state index contributed by atoms with van der Waals surface area (Å²) in [7, 11) is -1.36.